The Balaban J connectivity index is 2.66. The Morgan fingerprint density at radius 3 is 2.15 bits per heavy atom. The van der Waals surface area contributed by atoms with Gasteiger partial charge < -0.3 is 20.1 Å². The van der Waals surface area contributed by atoms with Crippen LogP contribution in [0, 0.1) is 0 Å². The third kappa shape index (κ3) is 2.18. The SMILES string of the molecule is CC1(OC=O)CC(O)C(O)C(O)C1. The molecule has 0 aromatic rings. The van der Waals surface area contributed by atoms with Crippen LogP contribution in [0.5, 0.6) is 0 Å². The predicted molar refractivity (Wildman–Crippen MR) is 42.8 cm³/mol. The minimum absolute atomic E-state index is 0.143. The van der Waals surface area contributed by atoms with E-state index in [1.165, 1.54) is 0 Å². The summed E-state index contributed by atoms with van der Waals surface area (Å²) < 4.78 is 4.75. The van der Waals surface area contributed by atoms with Gasteiger partial charge in [-0.15, -0.1) is 0 Å². The number of aliphatic hydroxyl groups excluding tert-OH is 3. The van der Waals surface area contributed by atoms with E-state index in [9.17, 15) is 20.1 Å². The lowest BCUT2D eigenvalue weighted by molar-refractivity contribution is -0.173. The molecule has 1 fully saturated rings. The van der Waals surface area contributed by atoms with Crippen molar-refractivity contribution < 1.29 is 24.9 Å². The molecule has 0 spiro atoms. The van der Waals surface area contributed by atoms with Gasteiger partial charge in [0.25, 0.3) is 6.47 Å². The summed E-state index contributed by atoms with van der Waals surface area (Å²) in [6.45, 7) is 1.90. The fourth-order valence-electron chi connectivity index (χ4n) is 1.68. The van der Waals surface area contributed by atoms with Crippen LogP contribution in [0.1, 0.15) is 19.8 Å². The summed E-state index contributed by atoms with van der Waals surface area (Å²) in [6, 6.07) is 0. The smallest absolute Gasteiger partial charge is 0.293 e. The molecule has 3 N–H and O–H groups in total. The van der Waals surface area contributed by atoms with Crippen molar-refractivity contribution in [3.63, 3.8) is 0 Å². The fourth-order valence-corrected chi connectivity index (χ4v) is 1.68. The Morgan fingerprint density at radius 2 is 1.77 bits per heavy atom. The van der Waals surface area contributed by atoms with Crippen LogP contribution in [0.3, 0.4) is 0 Å². The largest absolute Gasteiger partial charge is 0.461 e. The lowest BCUT2D eigenvalue weighted by Gasteiger charge is -2.39. The molecule has 2 unspecified atom stereocenters. The highest BCUT2D eigenvalue weighted by molar-refractivity contribution is 5.38. The molecule has 1 rings (SSSR count). The Bertz CT molecular complexity index is 181. The van der Waals surface area contributed by atoms with E-state index in [1.54, 1.807) is 6.92 Å². The molecule has 0 saturated heterocycles. The molecule has 1 saturated carbocycles. The second-order valence-electron chi connectivity index (χ2n) is 3.70. The number of rotatable bonds is 2. The number of hydrogen-bond donors (Lipinski definition) is 3. The molecule has 76 valence electrons. The van der Waals surface area contributed by atoms with Crippen LogP contribution < -0.4 is 0 Å². The third-order valence-corrected chi connectivity index (χ3v) is 2.40. The molecule has 0 radical (unpaired) electrons. The van der Waals surface area contributed by atoms with Crippen molar-refractivity contribution in [1.82, 2.24) is 0 Å². The maximum atomic E-state index is 10.1. The lowest BCUT2D eigenvalue weighted by atomic mass is 9.81. The van der Waals surface area contributed by atoms with E-state index < -0.39 is 23.9 Å². The molecule has 13 heavy (non-hydrogen) atoms. The normalized spacial score (nSPS) is 45.7. The summed E-state index contributed by atoms with van der Waals surface area (Å²) in [7, 11) is 0. The van der Waals surface area contributed by atoms with Crippen LogP contribution in [-0.2, 0) is 9.53 Å². The molecule has 1 aliphatic carbocycles. The Morgan fingerprint density at radius 1 is 1.31 bits per heavy atom. The highest BCUT2D eigenvalue weighted by Gasteiger charge is 2.43. The third-order valence-electron chi connectivity index (χ3n) is 2.40. The Labute approximate surface area is 75.9 Å². The number of carbonyl (C=O) groups excluding carboxylic acids is 1. The van der Waals surface area contributed by atoms with Gasteiger partial charge >= 0.3 is 0 Å². The molecule has 0 heterocycles. The summed E-state index contributed by atoms with van der Waals surface area (Å²) in [4.78, 5) is 10.1. The average Bonchev–Trinajstić information content (AvgIpc) is 2.00. The number of carbonyl (C=O) groups is 1. The molecule has 0 aromatic carbocycles. The standard InChI is InChI=1S/C8H14O5/c1-8(13-4-9)2-5(10)7(12)6(11)3-8/h4-7,10-12H,2-3H2,1H3. The summed E-state index contributed by atoms with van der Waals surface area (Å²) in [5.41, 5.74) is -0.875. The molecule has 5 nitrogen and oxygen atoms in total. The van der Waals surface area contributed by atoms with Crippen molar-refractivity contribution in [2.45, 2.75) is 43.7 Å². The Hall–Kier alpha value is -0.650. The maximum absolute atomic E-state index is 10.1. The molecule has 5 heteroatoms. The quantitative estimate of drug-likeness (QED) is 0.476. The first kappa shape index (κ1) is 10.4. The molecule has 0 aromatic heterocycles. The van der Waals surface area contributed by atoms with E-state index in [4.69, 9.17) is 4.74 Å². The molecule has 0 amide bonds. The monoisotopic (exact) mass is 190 g/mol. The first-order valence-corrected chi connectivity index (χ1v) is 4.14. The predicted octanol–water partition coefficient (Wildman–Crippen LogP) is -1.21. The van der Waals surface area contributed by atoms with Gasteiger partial charge in [-0.05, 0) is 6.92 Å². The number of hydrogen-bond acceptors (Lipinski definition) is 5. The van der Waals surface area contributed by atoms with Gasteiger partial charge in [0.05, 0.1) is 12.2 Å². The minimum atomic E-state index is -1.15. The van der Waals surface area contributed by atoms with Gasteiger partial charge in [-0.1, -0.05) is 0 Å². The van der Waals surface area contributed by atoms with Crippen LogP contribution in [0.2, 0.25) is 0 Å². The van der Waals surface area contributed by atoms with Crippen molar-refractivity contribution in [2.24, 2.45) is 0 Å². The van der Waals surface area contributed by atoms with Crippen LogP contribution in [0.4, 0.5) is 0 Å². The zero-order valence-electron chi connectivity index (χ0n) is 7.38. The molecule has 1 aliphatic rings. The van der Waals surface area contributed by atoms with E-state index in [0.29, 0.717) is 0 Å². The van der Waals surface area contributed by atoms with Gasteiger partial charge in [-0.3, -0.25) is 4.79 Å². The molecular weight excluding hydrogens is 176 g/mol. The zero-order valence-corrected chi connectivity index (χ0v) is 7.38. The van der Waals surface area contributed by atoms with E-state index >= 15 is 0 Å². The summed E-state index contributed by atoms with van der Waals surface area (Å²) in [5, 5.41) is 27.8. The molecule has 0 aliphatic heterocycles. The van der Waals surface area contributed by atoms with Crippen molar-refractivity contribution in [3.8, 4) is 0 Å². The van der Waals surface area contributed by atoms with Crippen molar-refractivity contribution in [3.05, 3.63) is 0 Å². The second-order valence-corrected chi connectivity index (χ2v) is 3.70. The highest BCUT2D eigenvalue weighted by Crippen LogP contribution is 2.31. The first-order valence-electron chi connectivity index (χ1n) is 4.14. The lowest BCUT2D eigenvalue weighted by Crippen LogP contribution is -2.52. The van der Waals surface area contributed by atoms with Gasteiger partial charge in [0.15, 0.2) is 0 Å². The van der Waals surface area contributed by atoms with Gasteiger partial charge in [-0.2, -0.15) is 0 Å². The first-order chi connectivity index (χ1) is 5.98. The maximum Gasteiger partial charge on any atom is 0.293 e. The molecular formula is C8H14O5. The summed E-state index contributed by atoms with van der Waals surface area (Å²) in [5.74, 6) is 0. The zero-order chi connectivity index (χ0) is 10.1. The summed E-state index contributed by atoms with van der Waals surface area (Å²) >= 11 is 0. The van der Waals surface area contributed by atoms with Crippen molar-refractivity contribution in [1.29, 1.82) is 0 Å². The van der Waals surface area contributed by atoms with Gasteiger partial charge in [-0.25, -0.2) is 0 Å². The molecule has 0 bridgehead atoms. The van der Waals surface area contributed by atoms with Crippen LogP contribution >= 0.6 is 0 Å². The topological polar surface area (TPSA) is 87.0 Å². The van der Waals surface area contributed by atoms with Crippen molar-refractivity contribution in [2.75, 3.05) is 0 Å². The number of aliphatic hydroxyl groups is 3. The number of ether oxygens (including phenoxy) is 1. The van der Waals surface area contributed by atoms with Crippen LogP contribution in [0.25, 0.3) is 0 Å². The molecule has 2 atom stereocenters. The van der Waals surface area contributed by atoms with Gasteiger partial charge in [0.2, 0.25) is 0 Å². The van der Waals surface area contributed by atoms with E-state index in [1.807, 2.05) is 0 Å². The van der Waals surface area contributed by atoms with Gasteiger partial charge in [0.1, 0.15) is 11.7 Å². The second kappa shape index (κ2) is 3.61. The summed E-state index contributed by atoms with van der Waals surface area (Å²) in [6.07, 6.45) is -2.96. The van der Waals surface area contributed by atoms with E-state index in [-0.39, 0.29) is 19.3 Å². The Kier molecular flexibility index (Phi) is 2.90. The van der Waals surface area contributed by atoms with E-state index in [0.717, 1.165) is 0 Å². The van der Waals surface area contributed by atoms with Crippen molar-refractivity contribution >= 4 is 6.47 Å². The fraction of sp³-hybridized carbons (Fsp3) is 0.875. The van der Waals surface area contributed by atoms with E-state index in [2.05, 4.69) is 0 Å². The van der Waals surface area contributed by atoms with Crippen LogP contribution in [-0.4, -0.2) is 45.7 Å². The van der Waals surface area contributed by atoms with Crippen LogP contribution in [0.15, 0.2) is 0 Å². The highest BCUT2D eigenvalue weighted by atomic mass is 16.5. The van der Waals surface area contributed by atoms with Gasteiger partial charge in [0, 0.05) is 12.8 Å². The minimum Gasteiger partial charge on any atom is -0.461 e. The average molecular weight is 190 g/mol.